The highest BCUT2D eigenvalue weighted by molar-refractivity contribution is 5.75. The van der Waals surface area contributed by atoms with Gasteiger partial charge in [0, 0.05) is 69.2 Å². The first-order chi connectivity index (χ1) is 26.5. The molecule has 10 heteroatoms. The summed E-state index contributed by atoms with van der Waals surface area (Å²) in [7, 11) is 0. The quantitative estimate of drug-likeness (QED) is 0.164. The van der Waals surface area contributed by atoms with Crippen LogP contribution in [0.2, 0.25) is 0 Å². The summed E-state index contributed by atoms with van der Waals surface area (Å²) < 4.78 is 13.5. The van der Waals surface area contributed by atoms with E-state index in [0.29, 0.717) is 6.54 Å². The molecule has 4 saturated carbocycles. The zero-order valence-corrected chi connectivity index (χ0v) is 31.0. The van der Waals surface area contributed by atoms with Gasteiger partial charge in [0.1, 0.15) is 0 Å². The van der Waals surface area contributed by atoms with Gasteiger partial charge in [-0.2, -0.15) is 0 Å². The second-order valence-corrected chi connectivity index (χ2v) is 16.5. The SMILES string of the molecule is O=C(NCc1cccc(-c2cccc([C@H]3O[C@@H](CN4CCN(c5ncccn5)CC4)C[C@@H](c4ccc(CO)cc4)O3)c2)c1)NC12CC3CC(CC(C3)C1)C2. The van der Waals surface area contributed by atoms with Gasteiger partial charge in [0.05, 0.1) is 18.8 Å². The minimum atomic E-state index is -0.539. The van der Waals surface area contributed by atoms with E-state index < -0.39 is 6.29 Å². The third kappa shape index (κ3) is 7.89. The fraction of sp³-hybridized carbons (Fsp3) is 0.477. The molecule has 4 aromatic rings. The van der Waals surface area contributed by atoms with Crippen LogP contribution in [0.15, 0.2) is 91.3 Å². The summed E-state index contributed by atoms with van der Waals surface area (Å²) in [6.45, 7) is 4.84. The number of ether oxygens (including phenoxy) is 2. The Morgan fingerprint density at radius 1 is 0.759 bits per heavy atom. The summed E-state index contributed by atoms with van der Waals surface area (Å²) in [6.07, 6.45) is 11.1. The molecule has 3 aromatic carbocycles. The molecule has 2 aliphatic heterocycles. The van der Waals surface area contributed by atoms with Crippen molar-refractivity contribution >= 4 is 12.0 Å². The second kappa shape index (κ2) is 15.4. The maximum Gasteiger partial charge on any atom is 0.315 e. The van der Waals surface area contributed by atoms with Crippen LogP contribution in [-0.2, 0) is 22.6 Å². The zero-order chi connectivity index (χ0) is 36.5. The molecule has 6 fully saturated rings. The van der Waals surface area contributed by atoms with Crippen molar-refractivity contribution in [2.45, 2.75) is 82.1 Å². The van der Waals surface area contributed by atoms with E-state index in [4.69, 9.17) is 9.47 Å². The summed E-state index contributed by atoms with van der Waals surface area (Å²) >= 11 is 0. The fourth-order valence-corrected chi connectivity index (χ4v) is 10.4. The summed E-state index contributed by atoms with van der Waals surface area (Å²) in [5, 5.41) is 16.3. The molecular weight excluding hydrogens is 677 g/mol. The molecule has 2 amide bonds. The summed E-state index contributed by atoms with van der Waals surface area (Å²) in [5.41, 5.74) is 6.16. The van der Waals surface area contributed by atoms with Gasteiger partial charge in [-0.15, -0.1) is 0 Å². The normalized spacial score (nSPS) is 29.2. The van der Waals surface area contributed by atoms with Crippen molar-refractivity contribution in [1.82, 2.24) is 25.5 Å². The van der Waals surface area contributed by atoms with Gasteiger partial charge in [-0.1, -0.05) is 60.7 Å². The van der Waals surface area contributed by atoms with Crippen LogP contribution in [0.4, 0.5) is 10.7 Å². The molecule has 2 saturated heterocycles. The van der Waals surface area contributed by atoms with Crippen LogP contribution < -0.4 is 15.5 Å². The van der Waals surface area contributed by atoms with Gasteiger partial charge in [-0.05, 0) is 102 Å². The van der Waals surface area contributed by atoms with Crippen molar-refractivity contribution in [3.8, 4) is 11.1 Å². The number of hydrogen-bond acceptors (Lipinski definition) is 8. The van der Waals surface area contributed by atoms with E-state index in [-0.39, 0.29) is 30.4 Å². The number of carbonyl (C=O) groups excluding carboxylic acids is 1. The third-order valence-corrected chi connectivity index (χ3v) is 12.6. The first-order valence-electron chi connectivity index (χ1n) is 20.0. The molecule has 0 unspecified atom stereocenters. The van der Waals surface area contributed by atoms with E-state index in [1.807, 2.05) is 18.2 Å². The van der Waals surface area contributed by atoms with Crippen molar-refractivity contribution in [1.29, 1.82) is 0 Å². The van der Waals surface area contributed by atoms with Crippen LogP contribution in [0.3, 0.4) is 0 Å². The minimum absolute atomic E-state index is 0.00193. The maximum atomic E-state index is 13.2. The highest BCUT2D eigenvalue weighted by Crippen LogP contribution is 2.55. The average Bonchev–Trinajstić information content (AvgIpc) is 3.20. The number of aromatic nitrogens is 2. The highest BCUT2D eigenvalue weighted by atomic mass is 16.7. The van der Waals surface area contributed by atoms with Crippen LogP contribution in [0, 0.1) is 17.8 Å². The Kier molecular flexibility index (Phi) is 10.1. The molecule has 6 aliphatic rings. The standard InChI is InChI=1S/C44H52N6O4/c51-29-30-8-10-35(11-9-30)40-23-39(28-49-14-16-50(17-15-49)42-45-12-3-13-46-42)53-41(54-40)38-7-2-6-37(22-38)36-5-1-4-31(21-36)27-47-43(52)48-44-24-32-18-33(25-44)20-34(19-32)26-44/h1-13,21-22,32-34,39-41,51H,14-20,23-29H2,(H2,47,48,52)/t32?,33?,34?,39-,40+,41+,44?/m1/s1. The molecule has 10 rings (SSSR count). The van der Waals surface area contributed by atoms with Crippen molar-refractivity contribution in [2.24, 2.45) is 17.8 Å². The van der Waals surface area contributed by atoms with E-state index in [1.54, 1.807) is 12.4 Å². The van der Waals surface area contributed by atoms with Crippen molar-refractivity contribution in [2.75, 3.05) is 37.6 Å². The van der Waals surface area contributed by atoms with E-state index in [1.165, 1.54) is 19.3 Å². The molecule has 282 valence electrons. The largest absolute Gasteiger partial charge is 0.392 e. The van der Waals surface area contributed by atoms with Crippen LogP contribution in [0.1, 0.15) is 79.6 Å². The van der Waals surface area contributed by atoms with E-state index in [0.717, 1.165) is 115 Å². The Morgan fingerprint density at radius 3 is 2.15 bits per heavy atom. The van der Waals surface area contributed by atoms with Gasteiger partial charge < -0.3 is 30.1 Å². The Balaban J connectivity index is 0.870. The number of nitrogens with one attached hydrogen (secondary N) is 2. The number of amides is 2. The predicted molar refractivity (Wildman–Crippen MR) is 207 cm³/mol. The number of anilines is 1. The molecule has 3 atom stereocenters. The molecule has 3 N–H and O–H groups in total. The number of urea groups is 1. The first-order valence-corrected chi connectivity index (χ1v) is 20.0. The summed E-state index contributed by atoms with van der Waals surface area (Å²) in [6, 6.07) is 26.8. The highest BCUT2D eigenvalue weighted by Gasteiger charge is 2.51. The van der Waals surface area contributed by atoms with Crippen LogP contribution in [0.25, 0.3) is 11.1 Å². The van der Waals surface area contributed by atoms with Gasteiger partial charge in [-0.25, -0.2) is 14.8 Å². The third-order valence-electron chi connectivity index (χ3n) is 12.6. The van der Waals surface area contributed by atoms with Gasteiger partial charge in [0.25, 0.3) is 0 Å². The lowest BCUT2D eigenvalue weighted by molar-refractivity contribution is -0.253. The second-order valence-electron chi connectivity index (χ2n) is 16.5. The molecule has 3 heterocycles. The zero-order valence-electron chi connectivity index (χ0n) is 31.0. The van der Waals surface area contributed by atoms with Crippen LogP contribution >= 0.6 is 0 Å². The number of carbonyl (C=O) groups is 1. The Labute approximate surface area is 318 Å². The van der Waals surface area contributed by atoms with Gasteiger partial charge in [0.15, 0.2) is 6.29 Å². The smallest absolute Gasteiger partial charge is 0.315 e. The van der Waals surface area contributed by atoms with E-state index in [2.05, 4.69) is 91.1 Å². The number of hydrogen-bond donors (Lipinski definition) is 3. The van der Waals surface area contributed by atoms with Crippen LogP contribution in [-0.4, -0.2) is 70.4 Å². The lowest BCUT2D eigenvalue weighted by Crippen LogP contribution is -2.61. The Morgan fingerprint density at radius 2 is 1.44 bits per heavy atom. The Bertz CT molecular complexity index is 1860. The topological polar surface area (TPSA) is 112 Å². The average molecular weight is 729 g/mol. The summed E-state index contributed by atoms with van der Waals surface area (Å²) in [4.78, 5) is 26.8. The molecule has 0 radical (unpaired) electrons. The van der Waals surface area contributed by atoms with Gasteiger partial charge >= 0.3 is 6.03 Å². The molecule has 1 aromatic heterocycles. The molecule has 10 nitrogen and oxygen atoms in total. The summed E-state index contributed by atoms with van der Waals surface area (Å²) in [5.74, 6) is 3.16. The number of benzene rings is 3. The molecular formula is C44H52N6O4. The molecule has 4 bridgehead atoms. The van der Waals surface area contributed by atoms with Crippen molar-refractivity contribution in [3.05, 3.63) is 114 Å². The lowest BCUT2D eigenvalue weighted by atomic mass is 9.53. The fourth-order valence-electron chi connectivity index (χ4n) is 10.4. The maximum absolute atomic E-state index is 13.2. The minimum Gasteiger partial charge on any atom is -0.392 e. The first kappa shape index (κ1) is 35.4. The van der Waals surface area contributed by atoms with Crippen molar-refractivity contribution in [3.63, 3.8) is 0 Å². The molecule has 54 heavy (non-hydrogen) atoms. The monoisotopic (exact) mass is 728 g/mol. The molecule has 4 aliphatic carbocycles. The number of rotatable bonds is 10. The molecule has 0 spiro atoms. The van der Waals surface area contributed by atoms with E-state index in [9.17, 15) is 9.90 Å². The Hall–Kier alpha value is -4.35. The van der Waals surface area contributed by atoms with Crippen LogP contribution in [0.5, 0.6) is 0 Å². The number of aliphatic hydroxyl groups excluding tert-OH is 1. The number of aliphatic hydroxyl groups is 1. The number of nitrogens with zero attached hydrogens (tertiary/aromatic N) is 4. The lowest BCUT2D eigenvalue weighted by Gasteiger charge is -2.56. The number of piperazine rings is 1. The van der Waals surface area contributed by atoms with Crippen molar-refractivity contribution < 1.29 is 19.4 Å². The van der Waals surface area contributed by atoms with E-state index >= 15 is 0 Å². The van der Waals surface area contributed by atoms with Gasteiger partial charge in [-0.3, -0.25) is 4.90 Å². The van der Waals surface area contributed by atoms with Gasteiger partial charge in [0.2, 0.25) is 5.95 Å². The predicted octanol–water partition coefficient (Wildman–Crippen LogP) is 6.77.